The van der Waals surface area contributed by atoms with Crippen LogP contribution in [0, 0.1) is 6.92 Å². The maximum atomic E-state index is 13.3. The number of carbonyl (C=O) groups excluding carboxylic acids is 1. The van der Waals surface area contributed by atoms with Crippen LogP contribution in [0.3, 0.4) is 0 Å². The summed E-state index contributed by atoms with van der Waals surface area (Å²) in [6, 6.07) is 12.0. The normalized spacial score (nSPS) is 10.8. The van der Waals surface area contributed by atoms with Crippen LogP contribution in [0.4, 0.5) is 0 Å². The molecule has 0 radical (unpaired) electrons. The van der Waals surface area contributed by atoms with E-state index in [1.165, 1.54) is 12.0 Å². The second-order valence-electron chi connectivity index (χ2n) is 7.20. The second-order valence-corrected chi connectivity index (χ2v) is 7.60. The van der Waals surface area contributed by atoms with Gasteiger partial charge in [0.1, 0.15) is 5.75 Å². The van der Waals surface area contributed by atoms with Crippen molar-refractivity contribution in [3.8, 4) is 11.4 Å². The van der Waals surface area contributed by atoms with Crippen molar-refractivity contribution in [2.75, 3.05) is 20.2 Å². The highest BCUT2D eigenvalue weighted by Gasteiger charge is 2.23. The van der Waals surface area contributed by atoms with Crippen LogP contribution >= 0.6 is 11.6 Å². The average Bonchev–Trinajstić information content (AvgIpc) is 2.79. The van der Waals surface area contributed by atoms with Crippen molar-refractivity contribution in [2.24, 2.45) is 0 Å². The number of nitrogens with zero attached hydrogens (tertiary/aromatic N) is 4. The maximum Gasteiger partial charge on any atom is 0.352 e. The SMILES string of the molecule is CCN(CC)C(=O)c1nn(-c2ccc(C)c(Cl)c2)c(=O)n(Cc2cccc(OC)c2)c1=O. The van der Waals surface area contributed by atoms with Crippen LogP contribution in [-0.2, 0) is 6.54 Å². The third kappa shape index (κ3) is 4.60. The first-order valence-electron chi connectivity index (χ1n) is 10.2. The number of halogens is 1. The summed E-state index contributed by atoms with van der Waals surface area (Å²) in [5.41, 5.74) is 0.113. The first-order chi connectivity index (χ1) is 15.3. The highest BCUT2D eigenvalue weighted by Crippen LogP contribution is 2.18. The topological polar surface area (TPSA) is 86.4 Å². The zero-order valence-electron chi connectivity index (χ0n) is 18.5. The van der Waals surface area contributed by atoms with E-state index in [9.17, 15) is 14.4 Å². The Kier molecular flexibility index (Phi) is 7.15. The molecule has 1 heterocycles. The van der Waals surface area contributed by atoms with Crippen molar-refractivity contribution in [1.82, 2.24) is 19.2 Å². The minimum absolute atomic E-state index is 0.0461. The lowest BCUT2D eigenvalue weighted by Crippen LogP contribution is -2.46. The third-order valence-corrected chi connectivity index (χ3v) is 5.60. The van der Waals surface area contributed by atoms with Crippen LogP contribution < -0.4 is 16.0 Å². The minimum Gasteiger partial charge on any atom is -0.497 e. The average molecular weight is 457 g/mol. The number of hydrogen-bond donors (Lipinski definition) is 0. The number of carbonyl (C=O) groups is 1. The Morgan fingerprint density at radius 1 is 1.12 bits per heavy atom. The molecule has 0 aliphatic carbocycles. The number of amides is 1. The van der Waals surface area contributed by atoms with E-state index < -0.39 is 17.2 Å². The second kappa shape index (κ2) is 9.82. The van der Waals surface area contributed by atoms with E-state index in [0.717, 1.165) is 14.8 Å². The number of hydrogen-bond acceptors (Lipinski definition) is 5. The predicted octanol–water partition coefficient (Wildman–Crippen LogP) is 2.89. The Bertz CT molecular complexity index is 1260. The van der Waals surface area contributed by atoms with Crippen LogP contribution in [0.2, 0.25) is 5.02 Å². The molecule has 32 heavy (non-hydrogen) atoms. The van der Waals surface area contributed by atoms with Gasteiger partial charge in [-0.2, -0.15) is 9.78 Å². The fourth-order valence-electron chi connectivity index (χ4n) is 3.28. The summed E-state index contributed by atoms with van der Waals surface area (Å²) in [5, 5.41) is 4.60. The fourth-order valence-corrected chi connectivity index (χ4v) is 3.46. The molecular weight excluding hydrogens is 432 g/mol. The minimum atomic E-state index is -0.746. The molecule has 168 valence electrons. The quantitative estimate of drug-likeness (QED) is 0.545. The zero-order valence-corrected chi connectivity index (χ0v) is 19.2. The van der Waals surface area contributed by atoms with Gasteiger partial charge in [-0.15, -0.1) is 0 Å². The zero-order chi connectivity index (χ0) is 23.4. The molecule has 8 nitrogen and oxygen atoms in total. The highest BCUT2D eigenvalue weighted by molar-refractivity contribution is 6.31. The number of aromatic nitrogens is 3. The summed E-state index contributed by atoms with van der Waals surface area (Å²) in [6.07, 6.45) is 0. The van der Waals surface area contributed by atoms with Gasteiger partial charge in [0.15, 0.2) is 0 Å². The van der Waals surface area contributed by atoms with Gasteiger partial charge in [0.2, 0.25) is 5.69 Å². The molecule has 0 aliphatic rings. The molecule has 1 aromatic heterocycles. The Labute approximate surface area is 190 Å². The van der Waals surface area contributed by atoms with Gasteiger partial charge in [0.25, 0.3) is 11.5 Å². The molecule has 0 N–H and O–H groups in total. The van der Waals surface area contributed by atoms with Gasteiger partial charge in [-0.3, -0.25) is 14.2 Å². The first-order valence-corrected chi connectivity index (χ1v) is 10.6. The van der Waals surface area contributed by atoms with Gasteiger partial charge in [-0.25, -0.2) is 4.79 Å². The molecule has 0 atom stereocenters. The van der Waals surface area contributed by atoms with E-state index >= 15 is 0 Å². The molecule has 1 amide bonds. The van der Waals surface area contributed by atoms with Crippen molar-refractivity contribution in [3.63, 3.8) is 0 Å². The largest absolute Gasteiger partial charge is 0.497 e. The van der Waals surface area contributed by atoms with Crippen molar-refractivity contribution < 1.29 is 9.53 Å². The monoisotopic (exact) mass is 456 g/mol. The molecule has 0 saturated heterocycles. The molecule has 9 heteroatoms. The van der Waals surface area contributed by atoms with Gasteiger partial charge >= 0.3 is 5.69 Å². The summed E-state index contributed by atoms with van der Waals surface area (Å²) >= 11 is 6.25. The van der Waals surface area contributed by atoms with Crippen LogP contribution in [-0.4, -0.2) is 45.4 Å². The van der Waals surface area contributed by atoms with Crippen LogP contribution in [0.15, 0.2) is 52.1 Å². The third-order valence-electron chi connectivity index (χ3n) is 5.19. The summed E-state index contributed by atoms with van der Waals surface area (Å²) in [7, 11) is 1.53. The Balaban J connectivity index is 2.25. The van der Waals surface area contributed by atoms with Gasteiger partial charge in [-0.1, -0.05) is 29.8 Å². The van der Waals surface area contributed by atoms with Crippen LogP contribution in [0.1, 0.15) is 35.5 Å². The standard InChI is InChI=1S/C23H25ClN4O4/c1-5-26(6-2)21(29)20-22(30)27(14-16-8-7-9-18(12-16)32-4)23(31)28(25-20)17-11-10-15(3)19(24)13-17/h7-13H,5-6,14H2,1-4H3. The van der Waals surface area contributed by atoms with E-state index in [0.29, 0.717) is 35.1 Å². The number of methoxy groups -OCH3 is 1. The molecule has 3 aromatic rings. The van der Waals surface area contributed by atoms with Gasteiger partial charge < -0.3 is 9.64 Å². The highest BCUT2D eigenvalue weighted by atomic mass is 35.5. The first kappa shape index (κ1) is 23.3. The van der Waals surface area contributed by atoms with Crippen molar-refractivity contribution in [2.45, 2.75) is 27.3 Å². The Hall–Kier alpha value is -3.39. The summed E-state index contributed by atoms with van der Waals surface area (Å²) < 4.78 is 7.29. The smallest absolute Gasteiger partial charge is 0.352 e. The van der Waals surface area contributed by atoms with Crippen LogP contribution in [0.5, 0.6) is 5.75 Å². The van der Waals surface area contributed by atoms with E-state index in [1.54, 1.807) is 42.5 Å². The number of aryl methyl sites for hydroxylation is 1. The van der Waals surface area contributed by atoms with E-state index in [-0.39, 0.29) is 12.2 Å². The van der Waals surface area contributed by atoms with Crippen molar-refractivity contribution in [3.05, 3.63) is 85.1 Å². The number of benzene rings is 2. The summed E-state index contributed by atoms with van der Waals surface area (Å²) in [6.45, 7) is 6.22. The molecule has 0 fully saturated rings. The molecule has 0 unspecified atom stereocenters. The lowest BCUT2D eigenvalue weighted by atomic mass is 10.2. The number of rotatable bonds is 7. The van der Waals surface area contributed by atoms with Gasteiger partial charge in [0.05, 0.1) is 19.3 Å². The maximum absolute atomic E-state index is 13.3. The lowest BCUT2D eigenvalue weighted by Gasteiger charge is -2.19. The predicted molar refractivity (Wildman–Crippen MR) is 123 cm³/mol. The van der Waals surface area contributed by atoms with Gasteiger partial charge in [-0.05, 0) is 56.2 Å². The molecule has 0 aliphatic heterocycles. The Morgan fingerprint density at radius 2 is 1.84 bits per heavy atom. The molecular formula is C23H25ClN4O4. The van der Waals surface area contributed by atoms with E-state index in [2.05, 4.69) is 5.10 Å². The molecule has 0 bridgehead atoms. The van der Waals surface area contributed by atoms with E-state index in [4.69, 9.17) is 16.3 Å². The number of ether oxygens (including phenoxy) is 1. The van der Waals surface area contributed by atoms with E-state index in [1.807, 2.05) is 20.8 Å². The molecule has 3 rings (SSSR count). The molecule has 0 spiro atoms. The molecule has 0 saturated carbocycles. The van der Waals surface area contributed by atoms with Crippen molar-refractivity contribution >= 4 is 17.5 Å². The molecule has 2 aromatic carbocycles. The van der Waals surface area contributed by atoms with Crippen molar-refractivity contribution in [1.29, 1.82) is 0 Å². The fraction of sp³-hybridized carbons (Fsp3) is 0.304. The van der Waals surface area contributed by atoms with Gasteiger partial charge in [0, 0.05) is 18.1 Å². The van der Waals surface area contributed by atoms with Crippen LogP contribution in [0.25, 0.3) is 5.69 Å². The lowest BCUT2D eigenvalue weighted by molar-refractivity contribution is 0.0761. The summed E-state index contributed by atoms with van der Waals surface area (Å²) in [5.74, 6) is 0.0565. The Morgan fingerprint density at radius 3 is 2.47 bits per heavy atom. The summed E-state index contributed by atoms with van der Waals surface area (Å²) in [4.78, 5) is 41.0.